The molecule has 1 heterocycles. The maximum absolute atomic E-state index is 13.6. The van der Waals surface area contributed by atoms with Crippen molar-refractivity contribution in [2.45, 2.75) is 19.3 Å². The molecule has 1 atom stereocenters. The molecule has 126 valence electrons. The van der Waals surface area contributed by atoms with Gasteiger partial charge in [0, 0.05) is 0 Å². The van der Waals surface area contributed by atoms with E-state index < -0.39 is 35.4 Å². The fourth-order valence-electron chi connectivity index (χ4n) is 2.30. The van der Waals surface area contributed by atoms with Gasteiger partial charge in [-0.2, -0.15) is 0 Å². The minimum absolute atomic E-state index is 0.137. The number of halogens is 4. The number of hydrogen-bond acceptors (Lipinski definition) is 3. The number of fused-ring (bicyclic) bond motifs is 1. The molecule has 3 rings (SSSR count). The molecule has 4 nitrogen and oxygen atoms in total. The Morgan fingerprint density at radius 3 is 2.38 bits per heavy atom. The van der Waals surface area contributed by atoms with Crippen molar-refractivity contribution in [3.8, 4) is 11.5 Å². The molecule has 2 aromatic carbocycles. The molecule has 24 heavy (non-hydrogen) atoms. The Hall–Kier alpha value is -2.77. The highest BCUT2D eigenvalue weighted by Crippen LogP contribution is 2.42. The predicted molar refractivity (Wildman–Crippen MR) is 74.9 cm³/mol. The second kappa shape index (κ2) is 5.70. The van der Waals surface area contributed by atoms with Crippen molar-refractivity contribution in [3.05, 3.63) is 59.2 Å². The summed E-state index contributed by atoms with van der Waals surface area (Å²) in [6.45, 7) is 1.53. The lowest BCUT2D eigenvalue weighted by atomic mass is 10.1. The fourth-order valence-corrected chi connectivity index (χ4v) is 2.30. The van der Waals surface area contributed by atoms with Gasteiger partial charge >= 0.3 is 6.29 Å². The summed E-state index contributed by atoms with van der Waals surface area (Å²) >= 11 is 0. The maximum Gasteiger partial charge on any atom is 0.586 e. The Bertz CT molecular complexity index is 790. The van der Waals surface area contributed by atoms with Crippen LogP contribution in [0.15, 0.2) is 36.4 Å². The molecular formula is C16H11F4NO3. The second-order valence-electron chi connectivity index (χ2n) is 5.17. The molecule has 1 unspecified atom stereocenters. The van der Waals surface area contributed by atoms with Crippen LogP contribution >= 0.6 is 0 Å². The Balaban J connectivity index is 1.79. The van der Waals surface area contributed by atoms with E-state index >= 15 is 0 Å². The van der Waals surface area contributed by atoms with Crippen LogP contribution in [0, 0.1) is 11.6 Å². The van der Waals surface area contributed by atoms with E-state index in [9.17, 15) is 22.4 Å². The smallest absolute Gasteiger partial charge is 0.395 e. The van der Waals surface area contributed by atoms with E-state index in [4.69, 9.17) is 0 Å². The van der Waals surface area contributed by atoms with E-state index in [0.717, 1.165) is 18.2 Å². The van der Waals surface area contributed by atoms with Crippen molar-refractivity contribution >= 4 is 5.91 Å². The van der Waals surface area contributed by atoms with E-state index in [0.29, 0.717) is 5.56 Å². The van der Waals surface area contributed by atoms with Gasteiger partial charge in [0.05, 0.1) is 6.04 Å². The van der Waals surface area contributed by atoms with Crippen LogP contribution in [0.4, 0.5) is 17.6 Å². The van der Waals surface area contributed by atoms with Crippen LogP contribution in [0.3, 0.4) is 0 Å². The fraction of sp³-hybridized carbons (Fsp3) is 0.188. The van der Waals surface area contributed by atoms with E-state index in [1.54, 1.807) is 0 Å². The molecule has 0 saturated heterocycles. The molecule has 0 aliphatic carbocycles. The molecule has 1 aliphatic heterocycles. The summed E-state index contributed by atoms with van der Waals surface area (Å²) in [5.74, 6) is -3.27. The van der Waals surface area contributed by atoms with Crippen molar-refractivity contribution < 1.29 is 31.8 Å². The number of carbonyl (C=O) groups excluding carboxylic acids is 1. The lowest BCUT2D eigenvalue weighted by molar-refractivity contribution is -0.286. The Labute approximate surface area is 134 Å². The molecule has 8 heteroatoms. The van der Waals surface area contributed by atoms with Crippen LogP contribution in [0.5, 0.6) is 11.5 Å². The standard InChI is InChI=1S/C16H11F4NO3/c1-8(21-15(22)14-10(17)3-2-4-11(14)18)9-5-6-12-13(7-9)24-16(19,20)23-12/h2-8H,1H3,(H,21,22). The molecule has 0 fully saturated rings. The average molecular weight is 341 g/mol. The summed E-state index contributed by atoms with van der Waals surface area (Å²) in [5.41, 5.74) is -0.309. The van der Waals surface area contributed by atoms with Gasteiger partial charge in [-0.05, 0) is 36.8 Å². The van der Waals surface area contributed by atoms with Crippen molar-refractivity contribution in [3.63, 3.8) is 0 Å². The third kappa shape index (κ3) is 2.99. The summed E-state index contributed by atoms with van der Waals surface area (Å²) in [4.78, 5) is 12.0. The minimum Gasteiger partial charge on any atom is -0.395 e. The summed E-state index contributed by atoms with van der Waals surface area (Å²) in [6, 6.07) is 6.32. The minimum atomic E-state index is -3.75. The molecule has 0 aromatic heterocycles. The number of hydrogen-bond donors (Lipinski definition) is 1. The lowest BCUT2D eigenvalue weighted by Crippen LogP contribution is -2.28. The highest BCUT2D eigenvalue weighted by molar-refractivity contribution is 5.95. The maximum atomic E-state index is 13.6. The van der Waals surface area contributed by atoms with Crippen LogP contribution in [0.2, 0.25) is 0 Å². The van der Waals surface area contributed by atoms with E-state index in [1.165, 1.54) is 25.1 Å². The summed E-state index contributed by atoms with van der Waals surface area (Å²) < 4.78 is 61.8. The monoisotopic (exact) mass is 341 g/mol. The number of nitrogens with one attached hydrogen (secondary N) is 1. The largest absolute Gasteiger partial charge is 0.586 e. The van der Waals surface area contributed by atoms with Gasteiger partial charge in [-0.3, -0.25) is 4.79 Å². The number of ether oxygens (including phenoxy) is 2. The Morgan fingerprint density at radius 1 is 1.08 bits per heavy atom. The molecular weight excluding hydrogens is 330 g/mol. The first-order valence-corrected chi connectivity index (χ1v) is 6.91. The zero-order valence-electron chi connectivity index (χ0n) is 12.3. The van der Waals surface area contributed by atoms with Gasteiger partial charge in [0.2, 0.25) is 0 Å². The SMILES string of the molecule is CC(NC(=O)c1c(F)cccc1F)c1ccc2c(c1)OC(F)(F)O2. The highest BCUT2D eigenvalue weighted by Gasteiger charge is 2.43. The zero-order valence-corrected chi connectivity index (χ0v) is 12.3. The summed E-state index contributed by atoms with van der Waals surface area (Å²) in [5, 5.41) is 2.40. The third-order valence-electron chi connectivity index (χ3n) is 3.46. The third-order valence-corrected chi connectivity index (χ3v) is 3.46. The second-order valence-corrected chi connectivity index (χ2v) is 5.17. The van der Waals surface area contributed by atoms with Gasteiger partial charge in [0.1, 0.15) is 17.2 Å². The van der Waals surface area contributed by atoms with Crippen LogP contribution in [0.25, 0.3) is 0 Å². The number of benzene rings is 2. The quantitative estimate of drug-likeness (QED) is 0.865. The number of carbonyl (C=O) groups is 1. The molecule has 1 amide bonds. The number of amides is 1. The van der Waals surface area contributed by atoms with E-state index in [2.05, 4.69) is 14.8 Å². The molecule has 0 bridgehead atoms. The van der Waals surface area contributed by atoms with Gasteiger partial charge in [-0.15, -0.1) is 8.78 Å². The normalized spacial score (nSPS) is 15.9. The van der Waals surface area contributed by atoms with Gasteiger partial charge in [0.15, 0.2) is 11.5 Å². The van der Waals surface area contributed by atoms with Gasteiger partial charge < -0.3 is 14.8 Å². The van der Waals surface area contributed by atoms with Crippen molar-refractivity contribution in [1.29, 1.82) is 0 Å². The first kappa shape index (κ1) is 16.1. The van der Waals surface area contributed by atoms with Crippen LogP contribution in [-0.4, -0.2) is 12.2 Å². The lowest BCUT2D eigenvalue weighted by Gasteiger charge is -2.15. The molecule has 1 aliphatic rings. The van der Waals surface area contributed by atoms with Gasteiger partial charge in [-0.1, -0.05) is 12.1 Å². The highest BCUT2D eigenvalue weighted by atomic mass is 19.3. The van der Waals surface area contributed by atoms with Crippen molar-refractivity contribution in [1.82, 2.24) is 5.32 Å². The predicted octanol–water partition coefficient (Wildman–Crippen LogP) is 3.78. The van der Waals surface area contributed by atoms with E-state index in [-0.39, 0.29) is 11.5 Å². The van der Waals surface area contributed by atoms with Crippen molar-refractivity contribution in [2.75, 3.05) is 0 Å². The molecule has 0 spiro atoms. The number of alkyl halides is 2. The topological polar surface area (TPSA) is 47.6 Å². The summed E-state index contributed by atoms with van der Waals surface area (Å²) in [6.07, 6.45) is -3.75. The van der Waals surface area contributed by atoms with E-state index in [1.807, 2.05) is 0 Å². The molecule has 2 aromatic rings. The Kier molecular flexibility index (Phi) is 3.82. The van der Waals surface area contributed by atoms with Crippen molar-refractivity contribution in [2.24, 2.45) is 0 Å². The van der Waals surface area contributed by atoms with Crippen LogP contribution in [0.1, 0.15) is 28.9 Å². The average Bonchev–Trinajstić information content (AvgIpc) is 2.79. The van der Waals surface area contributed by atoms with Gasteiger partial charge in [-0.25, -0.2) is 8.78 Å². The Morgan fingerprint density at radius 2 is 1.71 bits per heavy atom. The first-order valence-electron chi connectivity index (χ1n) is 6.91. The summed E-state index contributed by atoms with van der Waals surface area (Å²) in [7, 11) is 0. The van der Waals surface area contributed by atoms with Crippen LogP contribution in [-0.2, 0) is 0 Å². The number of rotatable bonds is 3. The molecule has 0 radical (unpaired) electrons. The molecule has 0 saturated carbocycles. The van der Waals surface area contributed by atoms with Gasteiger partial charge in [0.25, 0.3) is 5.91 Å². The molecule has 1 N–H and O–H groups in total. The first-order chi connectivity index (χ1) is 11.3. The zero-order chi connectivity index (χ0) is 17.5. The van der Waals surface area contributed by atoms with Crippen LogP contribution < -0.4 is 14.8 Å².